The van der Waals surface area contributed by atoms with Crippen LogP contribution in [0, 0.1) is 38.0 Å². The lowest BCUT2D eigenvalue weighted by atomic mass is 9.84. The van der Waals surface area contributed by atoms with Crippen LogP contribution in [0.3, 0.4) is 0 Å². The van der Waals surface area contributed by atoms with Gasteiger partial charge in [0.1, 0.15) is 90.5 Å². The zero-order chi connectivity index (χ0) is 109. The van der Waals surface area contributed by atoms with Crippen LogP contribution in [0.4, 0.5) is 9.59 Å². The lowest BCUT2D eigenvalue weighted by Crippen LogP contribution is -2.63. The summed E-state index contributed by atoms with van der Waals surface area (Å²) in [5.74, 6) is -11.5. The lowest BCUT2D eigenvalue weighted by Gasteiger charge is -2.37. The number of carbonyl (C=O) groups is 13. The number of carboxylic acid groups (broad SMARTS) is 1. The third kappa shape index (κ3) is 31.4. The highest BCUT2D eigenvalue weighted by atomic mass is 32.2. The molecule has 0 spiro atoms. The van der Waals surface area contributed by atoms with E-state index in [0.29, 0.717) is 54.5 Å². The molecule has 12 amide bonds. The number of hydrogen-bond donors (Lipinski definition) is 15. The molecule has 13 atom stereocenters. The molecule has 10 rings (SSSR count). The molecular formula is C109H151N15O21S3. The number of thiol groups is 1. The molecule has 806 valence electrons. The number of alkyl carbamates (subject to hydrolysis) is 2. The zero-order valence-corrected chi connectivity index (χ0v) is 91.0. The number of rotatable bonds is 48. The van der Waals surface area contributed by atoms with Gasteiger partial charge in [-0.25, -0.2) is 27.5 Å². The number of nitrogens with one attached hydrogen (secondary N) is 13. The van der Waals surface area contributed by atoms with Gasteiger partial charge in [0.2, 0.25) is 65.0 Å². The molecule has 0 radical (unpaired) electrons. The number of fused-ring (bicyclic) bond motifs is 4. The largest absolute Gasteiger partial charge is 0.487 e. The topological polar surface area (TPSA) is 497 Å². The first-order chi connectivity index (χ1) is 69.8. The van der Waals surface area contributed by atoms with Gasteiger partial charge in [-0.2, -0.15) is 12.6 Å². The predicted molar refractivity (Wildman–Crippen MR) is 568 cm³/mol. The molecule has 2 fully saturated rings. The molecule has 0 aromatic heterocycles. The van der Waals surface area contributed by atoms with E-state index in [9.17, 15) is 42.3 Å². The number of amides is 12. The molecule has 1 aliphatic carbocycles. The van der Waals surface area contributed by atoms with E-state index < -0.39 is 212 Å². The third-order valence-corrected chi connectivity index (χ3v) is 30.6. The van der Waals surface area contributed by atoms with Gasteiger partial charge in [0.25, 0.3) is 10.0 Å². The van der Waals surface area contributed by atoms with Crippen LogP contribution in [0.2, 0.25) is 0 Å². The van der Waals surface area contributed by atoms with Crippen LogP contribution in [-0.4, -0.2) is 253 Å². The molecule has 36 nitrogen and oxygen atoms in total. The summed E-state index contributed by atoms with van der Waals surface area (Å²) in [4.78, 5) is 195. The molecule has 6 aromatic rings. The number of benzene rings is 6. The Morgan fingerprint density at radius 3 is 1.59 bits per heavy atom. The van der Waals surface area contributed by atoms with Crippen molar-refractivity contribution >= 4 is 118 Å². The molecule has 6 aromatic carbocycles. The average molecular weight is 2100 g/mol. The van der Waals surface area contributed by atoms with Gasteiger partial charge < -0.3 is 97.1 Å². The first kappa shape index (κ1) is 118. The lowest BCUT2D eigenvalue weighted by molar-refractivity contribution is -0.149. The second kappa shape index (κ2) is 52.2. The summed E-state index contributed by atoms with van der Waals surface area (Å²) in [6.45, 7) is 31.7. The minimum atomic E-state index is -4.44. The second-order valence-electron chi connectivity index (χ2n) is 42.1. The summed E-state index contributed by atoms with van der Waals surface area (Å²) in [7, 11) is -4.44. The predicted octanol–water partition coefficient (Wildman–Crippen LogP) is 10.9. The highest BCUT2D eigenvalue weighted by Gasteiger charge is 2.49. The molecule has 148 heavy (non-hydrogen) atoms. The smallest absolute Gasteiger partial charge is 0.407 e. The van der Waals surface area contributed by atoms with Crippen LogP contribution in [-0.2, 0) is 92.9 Å². The summed E-state index contributed by atoms with van der Waals surface area (Å²) in [5, 5.41) is 49.2. The summed E-state index contributed by atoms with van der Waals surface area (Å²) >= 11 is 5.34. The van der Waals surface area contributed by atoms with Crippen molar-refractivity contribution in [2.24, 2.45) is 11.8 Å². The van der Waals surface area contributed by atoms with Gasteiger partial charge in [-0.3, -0.25) is 53.4 Å². The minimum absolute atomic E-state index is 0.0150. The molecular weight excluding hydrogens is 1950 g/mol. The molecule has 0 saturated carbocycles. The Balaban J connectivity index is 0.968. The van der Waals surface area contributed by atoms with Gasteiger partial charge in [0, 0.05) is 55.6 Å². The number of nitrogens with zero attached hydrogens (tertiary/aromatic N) is 2. The van der Waals surface area contributed by atoms with E-state index >= 15 is 33.6 Å². The first-order valence-corrected chi connectivity index (χ1v) is 54.1. The summed E-state index contributed by atoms with van der Waals surface area (Å²) < 4.78 is 60.6. The number of carbonyl (C=O) groups excluding carboxylic acids is 12. The van der Waals surface area contributed by atoms with E-state index in [1.54, 1.807) is 111 Å². The minimum Gasteiger partial charge on any atom is -0.487 e. The van der Waals surface area contributed by atoms with E-state index in [1.807, 2.05) is 153 Å². The van der Waals surface area contributed by atoms with Crippen LogP contribution < -0.4 is 67.9 Å². The normalized spacial score (nSPS) is 17.1. The van der Waals surface area contributed by atoms with Crippen molar-refractivity contribution < 1.29 is 99.5 Å². The van der Waals surface area contributed by atoms with Crippen molar-refractivity contribution in [3.8, 4) is 16.9 Å². The number of likely N-dealkylation sites (tertiary alicyclic amines) is 2. The van der Waals surface area contributed by atoms with Gasteiger partial charge in [-0.05, 0) is 229 Å². The van der Waals surface area contributed by atoms with Crippen LogP contribution >= 0.6 is 24.4 Å². The van der Waals surface area contributed by atoms with Crippen molar-refractivity contribution in [1.82, 2.24) is 73.0 Å². The number of thioether (sulfide) groups is 1. The quantitative estimate of drug-likeness (QED) is 0.00555. The Kier molecular flexibility index (Phi) is 41.5. The van der Waals surface area contributed by atoms with E-state index in [2.05, 4.69) is 75.8 Å². The maximum absolute atomic E-state index is 16.5. The van der Waals surface area contributed by atoms with Gasteiger partial charge in [-0.15, -0.1) is 11.8 Å². The Morgan fingerprint density at radius 2 is 1.03 bits per heavy atom. The van der Waals surface area contributed by atoms with Gasteiger partial charge in [0.15, 0.2) is 0 Å². The molecule has 0 unspecified atom stereocenters. The first-order valence-electron chi connectivity index (χ1n) is 51.0. The highest BCUT2D eigenvalue weighted by Crippen LogP contribution is 2.50. The Labute approximate surface area is 879 Å². The fraction of sp³-hybridized carbons (Fsp3) is 0.541. The Bertz CT molecular complexity index is 5680. The number of aliphatic carboxylic acids is 1. The number of hydrogen-bond acceptors (Lipinski definition) is 23. The number of unbranched alkanes of at least 4 members (excludes halogenated alkanes) is 1. The van der Waals surface area contributed by atoms with E-state index in [4.69, 9.17) is 29.1 Å². The second-order valence-corrected chi connectivity index (χ2v) is 45.4. The van der Waals surface area contributed by atoms with Gasteiger partial charge >= 0.3 is 18.2 Å². The fourth-order valence-corrected chi connectivity index (χ4v) is 22.3. The van der Waals surface area contributed by atoms with E-state index in [1.165, 1.54) is 28.5 Å². The van der Waals surface area contributed by atoms with Crippen molar-refractivity contribution in [3.63, 3.8) is 0 Å². The Hall–Kier alpha value is -12.3. The molecule has 3 aliphatic heterocycles. The van der Waals surface area contributed by atoms with Gasteiger partial charge in [-0.1, -0.05) is 180 Å². The summed E-state index contributed by atoms with van der Waals surface area (Å²) in [5.41, 5.74) is 4.85. The Morgan fingerprint density at radius 1 is 0.541 bits per heavy atom. The molecule has 14 N–H and O–H groups in total. The van der Waals surface area contributed by atoms with Crippen LogP contribution in [0.15, 0.2) is 144 Å². The standard InChI is InChI=1S/C109H151N15O21S3/c1-20-64(3)87(97(131)117-82(62-146)101(135)136)119-96(130)84-52-38-56-123(84)99(133)85-53-39-57-124(85)100(134)88(65(4)21-2)120-94(128)81(61-142-105(9,10)11)116-93(127)80(50-35-36-54-112-104(138)145-107(15,16)17)115-98(132)89(69(8)143-106(12,13)14)121-95(129)83(63-147-109(70-40-25-22-26-41-70,71-42-27-23-28-43-71)72-44-29-24-30-45-72)118-92(126)79(114-86(125)59-113-103(137)141-60-78-75-48-33-31-46-73(75)74-47-32-34-49-76(74)78)51-37-55-111-102(110)122-148(139,140)91-67(6)66(5)90-77(68(91)7)58-108(18,19)144-90/h22-34,40-49,64-65,69,78-85,87-89,146H,20-21,35-39,50-63H2,1-19H3,(H,112,138)(H,113,137)(H,114,125)(H,115,132)(H,116,127)(H,117,131)(H,118,126)(H,119,130)(H,120,128)(H,121,129)(H,135,136)(H3,110,111,122)/t64-,65-,69+,79-,80-,81-,82-,83-,84-,85-,87-,88-,89-/m0/s1. The number of sulfonamides is 1. The molecule has 2 saturated heterocycles. The molecule has 39 heteroatoms. The third-order valence-electron chi connectivity index (χ3n) is 26.9. The monoisotopic (exact) mass is 2100 g/mol. The molecule has 3 heterocycles. The van der Waals surface area contributed by atoms with Crippen LogP contribution in [0.1, 0.15) is 237 Å². The van der Waals surface area contributed by atoms with Crippen molar-refractivity contribution in [1.29, 1.82) is 5.41 Å². The van der Waals surface area contributed by atoms with E-state index in [-0.39, 0.29) is 100 Å². The van der Waals surface area contributed by atoms with Crippen molar-refractivity contribution in [3.05, 3.63) is 190 Å². The average Bonchev–Trinajstić information content (AvgIpc) is 1.44. The maximum atomic E-state index is 16.5. The maximum Gasteiger partial charge on any atom is 0.407 e. The van der Waals surface area contributed by atoms with Crippen molar-refractivity contribution in [2.45, 2.75) is 313 Å². The number of ether oxygens (including phenoxy) is 5. The summed E-state index contributed by atoms with van der Waals surface area (Å²) in [6.07, 6.45) is -0.891. The van der Waals surface area contributed by atoms with Crippen LogP contribution in [0.5, 0.6) is 5.75 Å². The van der Waals surface area contributed by atoms with E-state index in [0.717, 1.165) is 44.5 Å². The SMILES string of the molecule is CC[C@H](C)[C@H](NC(=O)[C@@H]1CCCN1C(=O)[C@@H]1CCCN1C(=O)[C@@H](NC(=O)[C@H](COC(C)(C)C)NC(=O)[C@H](CCCCNC(=O)OC(C)(C)C)NC(=O)[C@@H](NC(=O)[C@H](CSC(c1ccccc1)(c1ccccc1)c1ccccc1)NC(=O)[C@H](CCCNC(=N)NS(=O)(=O)c1c(C)c(C)c2c(c1C)CC(C)(C)O2)NC(=O)CNC(=O)OCC1c2ccccc2-c2ccccc21)[C@@H](C)OC(C)(C)C)[C@@H](C)CC)C(=O)N[C@@H](CS)C(=O)O. The van der Waals surface area contributed by atoms with Crippen molar-refractivity contribution in [2.75, 3.05) is 57.4 Å². The van der Waals surface area contributed by atoms with Crippen LogP contribution in [0.25, 0.3) is 11.1 Å². The molecule has 0 bridgehead atoms. The zero-order valence-electron chi connectivity index (χ0n) is 88.5. The fourth-order valence-electron chi connectivity index (χ4n) is 19.0. The number of carboxylic acids is 1. The highest BCUT2D eigenvalue weighted by molar-refractivity contribution is 8.00. The molecule has 4 aliphatic rings. The summed E-state index contributed by atoms with van der Waals surface area (Å²) in [6, 6.07) is 29.5. The van der Waals surface area contributed by atoms with Gasteiger partial charge in [0.05, 0.1) is 33.6 Å². The number of guanidine groups is 1.